The van der Waals surface area contributed by atoms with Crippen molar-refractivity contribution in [2.24, 2.45) is 11.3 Å². The van der Waals surface area contributed by atoms with Crippen molar-refractivity contribution in [3.05, 3.63) is 0 Å². The van der Waals surface area contributed by atoms with E-state index in [0.717, 1.165) is 11.3 Å². The van der Waals surface area contributed by atoms with Crippen LogP contribution in [0.25, 0.3) is 0 Å². The molecule has 1 aliphatic carbocycles. The van der Waals surface area contributed by atoms with Crippen molar-refractivity contribution in [1.82, 2.24) is 4.90 Å². The van der Waals surface area contributed by atoms with Crippen molar-refractivity contribution in [1.29, 1.82) is 0 Å². The molecule has 0 amide bonds. The summed E-state index contributed by atoms with van der Waals surface area (Å²) in [6, 6.07) is 0. The maximum Gasteiger partial charge on any atom is -0.00134 e. The van der Waals surface area contributed by atoms with Crippen LogP contribution in [0.15, 0.2) is 0 Å². The van der Waals surface area contributed by atoms with Crippen LogP contribution < -0.4 is 0 Å². The number of hydrogen-bond donors (Lipinski definition) is 0. The molecule has 0 N–H and O–H groups in total. The normalized spacial score (nSPS) is 26.8. The zero-order valence-electron chi connectivity index (χ0n) is 10.6. The zero-order valence-corrected chi connectivity index (χ0v) is 10.6. The van der Waals surface area contributed by atoms with Crippen molar-refractivity contribution < 1.29 is 0 Å². The highest BCUT2D eigenvalue weighted by Crippen LogP contribution is 2.53. The van der Waals surface area contributed by atoms with Gasteiger partial charge in [0.2, 0.25) is 0 Å². The summed E-state index contributed by atoms with van der Waals surface area (Å²) in [5, 5.41) is 0. The lowest BCUT2D eigenvalue weighted by molar-refractivity contribution is -0.0161. The predicted molar refractivity (Wildman–Crippen MR) is 66.0 cm³/mol. The highest BCUT2D eigenvalue weighted by atomic mass is 15.1. The molecule has 0 bridgehead atoms. The molecule has 1 spiro atoms. The standard InChI is InChI=1S/C14H27N/c1-3-5-13-11-14(12-13)6-9-15(8-4-2)10-7-14/h13H,3-12H2,1-2H3. The quantitative estimate of drug-likeness (QED) is 0.682. The Morgan fingerprint density at radius 3 is 2.27 bits per heavy atom. The number of nitrogens with zero attached hydrogens (tertiary/aromatic N) is 1. The third-order valence-electron chi connectivity index (χ3n) is 4.60. The topological polar surface area (TPSA) is 3.24 Å². The minimum atomic E-state index is 0.810. The second-order valence-electron chi connectivity index (χ2n) is 5.90. The summed E-state index contributed by atoms with van der Waals surface area (Å²) in [5.74, 6) is 1.09. The van der Waals surface area contributed by atoms with Gasteiger partial charge in [0.15, 0.2) is 0 Å². The molecular formula is C14H27N. The Kier molecular flexibility index (Phi) is 3.71. The van der Waals surface area contributed by atoms with Gasteiger partial charge in [-0.3, -0.25) is 0 Å². The molecule has 1 heterocycles. The summed E-state index contributed by atoms with van der Waals surface area (Å²) in [6.45, 7) is 8.72. The van der Waals surface area contributed by atoms with Crippen LogP contribution in [0.1, 0.15) is 58.8 Å². The van der Waals surface area contributed by atoms with Crippen molar-refractivity contribution in [2.45, 2.75) is 58.8 Å². The first-order valence-corrected chi connectivity index (χ1v) is 7.00. The first-order valence-electron chi connectivity index (χ1n) is 7.00. The molecule has 15 heavy (non-hydrogen) atoms. The molecule has 2 fully saturated rings. The van der Waals surface area contributed by atoms with Crippen LogP contribution >= 0.6 is 0 Å². The highest BCUT2D eigenvalue weighted by Gasteiger charge is 2.44. The van der Waals surface area contributed by atoms with Gasteiger partial charge in [-0.2, -0.15) is 0 Å². The second-order valence-corrected chi connectivity index (χ2v) is 5.90. The largest absolute Gasteiger partial charge is 0.303 e. The van der Waals surface area contributed by atoms with E-state index in [2.05, 4.69) is 18.7 Å². The van der Waals surface area contributed by atoms with Gasteiger partial charge in [0, 0.05) is 0 Å². The summed E-state index contributed by atoms with van der Waals surface area (Å²) in [4.78, 5) is 2.67. The Hall–Kier alpha value is -0.0400. The lowest BCUT2D eigenvalue weighted by Gasteiger charge is -2.52. The third kappa shape index (κ3) is 2.55. The Morgan fingerprint density at radius 2 is 1.73 bits per heavy atom. The number of rotatable bonds is 4. The van der Waals surface area contributed by atoms with Crippen LogP contribution in [0.5, 0.6) is 0 Å². The molecule has 0 atom stereocenters. The van der Waals surface area contributed by atoms with E-state index < -0.39 is 0 Å². The fraction of sp³-hybridized carbons (Fsp3) is 1.00. The van der Waals surface area contributed by atoms with Crippen LogP contribution in [0.2, 0.25) is 0 Å². The maximum absolute atomic E-state index is 2.67. The summed E-state index contributed by atoms with van der Waals surface area (Å²) < 4.78 is 0. The third-order valence-corrected chi connectivity index (χ3v) is 4.60. The predicted octanol–water partition coefficient (Wildman–Crippen LogP) is 3.69. The van der Waals surface area contributed by atoms with Crippen molar-refractivity contribution in [2.75, 3.05) is 19.6 Å². The first-order chi connectivity index (χ1) is 7.28. The average molecular weight is 209 g/mol. The van der Waals surface area contributed by atoms with Crippen molar-refractivity contribution in [3.63, 3.8) is 0 Å². The molecule has 2 aliphatic rings. The Labute approximate surface area is 95.2 Å². The number of hydrogen-bond acceptors (Lipinski definition) is 1. The molecule has 1 saturated heterocycles. The van der Waals surface area contributed by atoms with E-state index in [0.29, 0.717) is 0 Å². The summed E-state index contributed by atoms with van der Waals surface area (Å²) in [5.41, 5.74) is 0.810. The van der Waals surface area contributed by atoms with Crippen molar-refractivity contribution >= 4 is 0 Å². The van der Waals surface area contributed by atoms with Crippen LogP contribution in [-0.2, 0) is 0 Å². The van der Waals surface area contributed by atoms with Gasteiger partial charge < -0.3 is 4.90 Å². The van der Waals surface area contributed by atoms with Gasteiger partial charge in [-0.15, -0.1) is 0 Å². The molecule has 1 aliphatic heterocycles. The minimum absolute atomic E-state index is 0.810. The van der Waals surface area contributed by atoms with E-state index in [9.17, 15) is 0 Å². The molecule has 0 unspecified atom stereocenters. The van der Waals surface area contributed by atoms with Gasteiger partial charge in [-0.25, -0.2) is 0 Å². The monoisotopic (exact) mass is 209 g/mol. The smallest absolute Gasteiger partial charge is 0.00134 e. The second kappa shape index (κ2) is 4.86. The average Bonchev–Trinajstić information content (AvgIpc) is 2.19. The van der Waals surface area contributed by atoms with Gasteiger partial charge >= 0.3 is 0 Å². The molecule has 0 aromatic rings. The molecule has 0 aromatic heterocycles. The van der Waals surface area contributed by atoms with E-state index in [-0.39, 0.29) is 0 Å². The Morgan fingerprint density at radius 1 is 1.07 bits per heavy atom. The molecule has 1 saturated carbocycles. The Balaban J connectivity index is 1.70. The van der Waals surface area contributed by atoms with E-state index >= 15 is 0 Å². The first kappa shape index (κ1) is 11.4. The molecule has 1 heteroatoms. The van der Waals surface area contributed by atoms with Crippen LogP contribution in [0, 0.1) is 11.3 Å². The van der Waals surface area contributed by atoms with Crippen LogP contribution in [0.4, 0.5) is 0 Å². The van der Waals surface area contributed by atoms with E-state index in [1.807, 2.05) is 0 Å². The molecular weight excluding hydrogens is 182 g/mol. The number of piperidine rings is 1. The Bertz CT molecular complexity index is 184. The molecule has 0 aromatic carbocycles. The van der Waals surface area contributed by atoms with E-state index in [1.54, 1.807) is 12.8 Å². The molecule has 0 radical (unpaired) electrons. The summed E-state index contributed by atoms with van der Waals surface area (Å²) >= 11 is 0. The summed E-state index contributed by atoms with van der Waals surface area (Å²) in [7, 11) is 0. The van der Waals surface area contributed by atoms with E-state index in [1.165, 1.54) is 51.7 Å². The lowest BCUT2D eigenvalue weighted by atomic mass is 9.56. The zero-order chi connectivity index (χ0) is 10.7. The fourth-order valence-corrected chi connectivity index (χ4v) is 3.75. The molecule has 1 nitrogen and oxygen atoms in total. The van der Waals surface area contributed by atoms with Crippen molar-refractivity contribution in [3.8, 4) is 0 Å². The lowest BCUT2D eigenvalue weighted by Crippen LogP contribution is -2.47. The molecule has 2 rings (SSSR count). The SMILES string of the molecule is CCCC1CC2(CCN(CCC)CC2)C1. The van der Waals surface area contributed by atoms with Gasteiger partial charge in [0.05, 0.1) is 0 Å². The maximum atomic E-state index is 2.67. The van der Waals surface area contributed by atoms with E-state index in [4.69, 9.17) is 0 Å². The fourth-order valence-electron chi connectivity index (χ4n) is 3.75. The van der Waals surface area contributed by atoms with Crippen LogP contribution in [0.3, 0.4) is 0 Å². The van der Waals surface area contributed by atoms with Gasteiger partial charge in [-0.05, 0) is 63.1 Å². The summed E-state index contributed by atoms with van der Waals surface area (Å²) in [6.07, 6.45) is 10.3. The highest BCUT2D eigenvalue weighted by molar-refractivity contribution is 4.96. The molecule has 88 valence electrons. The van der Waals surface area contributed by atoms with Crippen LogP contribution in [-0.4, -0.2) is 24.5 Å². The minimum Gasteiger partial charge on any atom is -0.303 e. The van der Waals surface area contributed by atoms with Gasteiger partial charge in [0.25, 0.3) is 0 Å². The van der Waals surface area contributed by atoms with Gasteiger partial charge in [-0.1, -0.05) is 26.7 Å². The number of likely N-dealkylation sites (tertiary alicyclic amines) is 1. The van der Waals surface area contributed by atoms with Gasteiger partial charge in [0.1, 0.15) is 0 Å².